The topological polar surface area (TPSA) is 53.6 Å². The first-order valence-electron chi connectivity index (χ1n) is 5.88. The first kappa shape index (κ1) is 12.3. The fraction of sp³-hybridized carbons (Fsp3) is 0.909. The summed E-state index contributed by atoms with van der Waals surface area (Å²) in [5, 5.41) is 3.33. The summed E-state index contributed by atoms with van der Waals surface area (Å²) in [5.41, 5.74) is 5.81. The van der Waals surface area contributed by atoms with Crippen LogP contribution in [0.5, 0.6) is 0 Å². The third-order valence-corrected chi connectivity index (χ3v) is 2.95. The largest absolute Gasteiger partial charge is 0.370 e. The van der Waals surface area contributed by atoms with Crippen LogP contribution < -0.4 is 11.1 Å². The van der Waals surface area contributed by atoms with Crippen LogP contribution in [0, 0.1) is 5.92 Å². The normalized spacial score (nSPS) is 29.1. The molecule has 0 aliphatic carbocycles. The maximum atomic E-state index is 5.81. The van der Waals surface area contributed by atoms with Gasteiger partial charge in [0.05, 0.1) is 0 Å². The summed E-state index contributed by atoms with van der Waals surface area (Å²) in [5.74, 6) is 1.25. The van der Waals surface area contributed by atoms with Crippen LogP contribution in [0.4, 0.5) is 0 Å². The van der Waals surface area contributed by atoms with E-state index in [9.17, 15) is 0 Å². The van der Waals surface area contributed by atoms with Gasteiger partial charge in [0.15, 0.2) is 5.96 Å². The van der Waals surface area contributed by atoms with Gasteiger partial charge in [0, 0.05) is 19.1 Å². The monoisotopic (exact) mass is 212 g/mol. The van der Waals surface area contributed by atoms with E-state index in [4.69, 9.17) is 5.73 Å². The summed E-state index contributed by atoms with van der Waals surface area (Å²) >= 11 is 0. The first-order valence-corrected chi connectivity index (χ1v) is 5.88. The molecule has 0 aromatic carbocycles. The standard InChI is InChI=1S/C11H24N4/c1-4-6-13-11(12)14-10-5-7-15(3)8-9(10)2/h9-10H,4-8H2,1-3H3,(H3,12,13,14). The van der Waals surface area contributed by atoms with Gasteiger partial charge in [-0.3, -0.25) is 4.99 Å². The molecule has 1 aliphatic rings. The van der Waals surface area contributed by atoms with Gasteiger partial charge in [-0.2, -0.15) is 0 Å². The molecular weight excluding hydrogens is 188 g/mol. The maximum Gasteiger partial charge on any atom is 0.188 e. The van der Waals surface area contributed by atoms with Crippen LogP contribution in [-0.2, 0) is 0 Å². The van der Waals surface area contributed by atoms with Crippen molar-refractivity contribution in [3.8, 4) is 0 Å². The number of nitrogens with two attached hydrogens (primary N) is 1. The number of piperidine rings is 1. The zero-order valence-electron chi connectivity index (χ0n) is 10.2. The van der Waals surface area contributed by atoms with Crippen molar-refractivity contribution >= 4 is 5.96 Å². The zero-order chi connectivity index (χ0) is 11.3. The van der Waals surface area contributed by atoms with Gasteiger partial charge >= 0.3 is 0 Å². The number of nitrogens with one attached hydrogen (secondary N) is 1. The molecule has 0 amide bonds. The van der Waals surface area contributed by atoms with Crippen molar-refractivity contribution in [2.75, 3.05) is 26.7 Å². The predicted octanol–water partition coefficient (Wildman–Crippen LogP) is 0.641. The summed E-state index contributed by atoms with van der Waals surface area (Å²) in [4.78, 5) is 6.62. The number of likely N-dealkylation sites (tertiary alicyclic amines) is 1. The third-order valence-electron chi connectivity index (χ3n) is 2.95. The van der Waals surface area contributed by atoms with Crippen LogP contribution in [0.3, 0.4) is 0 Å². The van der Waals surface area contributed by atoms with Crippen LogP contribution in [0.1, 0.15) is 26.7 Å². The van der Waals surface area contributed by atoms with E-state index in [-0.39, 0.29) is 0 Å². The van der Waals surface area contributed by atoms with E-state index in [0.717, 1.165) is 32.5 Å². The zero-order valence-corrected chi connectivity index (χ0v) is 10.2. The molecule has 2 unspecified atom stereocenters. The number of guanidine groups is 1. The van der Waals surface area contributed by atoms with Gasteiger partial charge < -0.3 is 16.0 Å². The lowest BCUT2D eigenvalue weighted by Gasteiger charge is -2.35. The molecule has 4 nitrogen and oxygen atoms in total. The first-order chi connectivity index (χ1) is 7.13. The second-order valence-electron chi connectivity index (χ2n) is 4.55. The van der Waals surface area contributed by atoms with Crippen LogP contribution in [0.25, 0.3) is 0 Å². The summed E-state index contributed by atoms with van der Waals surface area (Å²) < 4.78 is 0. The average molecular weight is 212 g/mol. The van der Waals surface area contributed by atoms with E-state index in [0.29, 0.717) is 17.9 Å². The minimum Gasteiger partial charge on any atom is -0.370 e. The Bertz CT molecular complexity index is 215. The molecule has 1 rings (SSSR count). The molecule has 0 aromatic rings. The Labute approximate surface area is 92.9 Å². The third kappa shape index (κ3) is 4.08. The number of aliphatic imine (C=N–C) groups is 1. The highest BCUT2D eigenvalue weighted by Crippen LogP contribution is 2.14. The van der Waals surface area contributed by atoms with Crippen molar-refractivity contribution in [1.29, 1.82) is 0 Å². The van der Waals surface area contributed by atoms with Gasteiger partial charge in [0.2, 0.25) is 0 Å². The average Bonchev–Trinajstić information content (AvgIpc) is 2.19. The minimum atomic E-state index is 0.488. The van der Waals surface area contributed by atoms with E-state index < -0.39 is 0 Å². The number of nitrogens with zero attached hydrogens (tertiary/aromatic N) is 2. The van der Waals surface area contributed by atoms with E-state index in [1.807, 2.05) is 0 Å². The van der Waals surface area contributed by atoms with Crippen LogP contribution in [0.2, 0.25) is 0 Å². The highest BCUT2D eigenvalue weighted by Gasteiger charge is 2.24. The molecule has 0 spiro atoms. The Morgan fingerprint density at radius 1 is 1.60 bits per heavy atom. The summed E-state index contributed by atoms with van der Waals surface area (Å²) in [6.07, 6.45) is 2.20. The molecule has 0 radical (unpaired) electrons. The number of hydrogen-bond donors (Lipinski definition) is 2. The minimum absolute atomic E-state index is 0.488. The number of rotatable bonds is 3. The van der Waals surface area contributed by atoms with Crippen molar-refractivity contribution in [3.63, 3.8) is 0 Å². The number of hydrogen-bond acceptors (Lipinski definition) is 2. The molecule has 3 N–H and O–H groups in total. The smallest absolute Gasteiger partial charge is 0.188 e. The Balaban J connectivity index is 2.37. The van der Waals surface area contributed by atoms with Crippen molar-refractivity contribution in [2.24, 2.45) is 16.6 Å². The van der Waals surface area contributed by atoms with Gasteiger partial charge in [-0.15, -0.1) is 0 Å². The lowest BCUT2D eigenvalue weighted by Crippen LogP contribution is -2.50. The van der Waals surface area contributed by atoms with Gasteiger partial charge in [0.1, 0.15) is 0 Å². The van der Waals surface area contributed by atoms with Crippen molar-refractivity contribution in [3.05, 3.63) is 0 Å². The fourth-order valence-corrected chi connectivity index (χ4v) is 2.04. The van der Waals surface area contributed by atoms with Gasteiger partial charge in [0.25, 0.3) is 0 Å². The molecular formula is C11H24N4. The molecule has 0 saturated carbocycles. The SMILES string of the molecule is CCCN=C(N)NC1CCN(C)CC1C. The maximum absolute atomic E-state index is 5.81. The molecule has 1 aliphatic heterocycles. The lowest BCUT2D eigenvalue weighted by atomic mass is 9.94. The Morgan fingerprint density at radius 2 is 2.33 bits per heavy atom. The van der Waals surface area contributed by atoms with Gasteiger partial charge in [-0.1, -0.05) is 13.8 Å². The van der Waals surface area contributed by atoms with E-state index >= 15 is 0 Å². The van der Waals surface area contributed by atoms with E-state index in [1.54, 1.807) is 0 Å². The quantitative estimate of drug-likeness (QED) is 0.533. The van der Waals surface area contributed by atoms with Crippen molar-refractivity contribution in [2.45, 2.75) is 32.7 Å². The summed E-state index contributed by atoms with van der Waals surface area (Å²) in [7, 11) is 2.17. The van der Waals surface area contributed by atoms with Crippen molar-refractivity contribution < 1.29 is 0 Å². The highest BCUT2D eigenvalue weighted by molar-refractivity contribution is 5.78. The lowest BCUT2D eigenvalue weighted by molar-refractivity contribution is 0.187. The molecule has 4 heteroatoms. The Morgan fingerprint density at radius 3 is 2.93 bits per heavy atom. The Kier molecular flexibility index (Phi) is 4.88. The second-order valence-corrected chi connectivity index (χ2v) is 4.55. The highest BCUT2D eigenvalue weighted by atomic mass is 15.2. The van der Waals surface area contributed by atoms with Crippen LogP contribution in [-0.4, -0.2) is 43.6 Å². The van der Waals surface area contributed by atoms with E-state index in [1.165, 1.54) is 0 Å². The second kappa shape index (κ2) is 5.95. The fourth-order valence-electron chi connectivity index (χ4n) is 2.04. The predicted molar refractivity (Wildman–Crippen MR) is 65.0 cm³/mol. The summed E-state index contributed by atoms with van der Waals surface area (Å²) in [6.45, 7) is 7.47. The van der Waals surface area contributed by atoms with E-state index in [2.05, 4.69) is 36.1 Å². The van der Waals surface area contributed by atoms with Crippen molar-refractivity contribution in [1.82, 2.24) is 10.2 Å². The molecule has 15 heavy (non-hydrogen) atoms. The Hall–Kier alpha value is -0.770. The molecule has 0 bridgehead atoms. The van der Waals surface area contributed by atoms with Crippen LogP contribution >= 0.6 is 0 Å². The molecule has 1 saturated heterocycles. The molecule has 1 heterocycles. The molecule has 0 aromatic heterocycles. The molecule has 88 valence electrons. The van der Waals surface area contributed by atoms with Gasteiger partial charge in [-0.05, 0) is 32.4 Å². The molecule has 1 fully saturated rings. The van der Waals surface area contributed by atoms with Gasteiger partial charge in [-0.25, -0.2) is 0 Å². The molecule has 2 atom stereocenters. The van der Waals surface area contributed by atoms with Crippen LogP contribution in [0.15, 0.2) is 4.99 Å². The summed E-state index contributed by atoms with van der Waals surface area (Å²) in [6, 6.07) is 0.488.